The van der Waals surface area contributed by atoms with Gasteiger partial charge in [0.05, 0.1) is 10.4 Å². The summed E-state index contributed by atoms with van der Waals surface area (Å²) in [5.41, 5.74) is 1.34. The Morgan fingerprint density at radius 3 is 1.49 bits per heavy atom. The van der Waals surface area contributed by atoms with Gasteiger partial charge in [-0.2, -0.15) is 0 Å². The molecule has 3 aromatic rings. The van der Waals surface area contributed by atoms with E-state index < -0.39 is 30.3 Å². The topological polar surface area (TPSA) is 132 Å². The number of fused-ring (bicyclic) bond motifs is 1. The van der Waals surface area contributed by atoms with E-state index in [1.54, 1.807) is 0 Å². The zero-order valence-electron chi connectivity index (χ0n) is 26.0. The summed E-state index contributed by atoms with van der Waals surface area (Å²) in [6.45, 7) is 0.212. The Morgan fingerprint density at radius 2 is 1.02 bits per heavy atom. The number of aromatic nitrogens is 2. The SMILES string of the molecule is O=S(=O)([O-])c1cccc2c1nc(S(=O)(=O)[O-])n2CCCCCCCCCCCCCCCCCCc1ccccc1.[Na+].[Na+]. The zero-order valence-corrected chi connectivity index (χ0v) is 31.6. The minimum Gasteiger partial charge on any atom is -0.744 e. The number of aryl methyl sites for hydroxylation is 2. The standard InChI is InChI=1S/C31H46N2O6S2.2Na/c34-40(35,36)29-25-20-24-28-30(29)32-31(41(37,38)39)33(28)26-19-14-12-10-8-6-4-2-1-3-5-7-9-11-13-16-21-27-22-17-15-18-23-27;;/h15,17-18,20,22-25H,1-14,16,19,21,26H2,(H,34,35,36)(H,37,38,39);;/q;2*+1/p-2. The van der Waals surface area contributed by atoms with Gasteiger partial charge < -0.3 is 13.7 Å². The first-order valence-electron chi connectivity index (χ1n) is 15.1. The molecule has 0 spiro atoms. The molecule has 0 fully saturated rings. The van der Waals surface area contributed by atoms with Crippen molar-refractivity contribution in [1.29, 1.82) is 0 Å². The van der Waals surface area contributed by atoms with Crippen LogP contribution in [0.1, 0.15) is 108 Å². The molecule has 2 aromatic carbocycles. The summed E-state index contributed by atoms with van der Waals surface area (Å²) in [6, 6.07) is 14.6. The van der Waals surface area contributed by atoms with Crippen LogP contribution in [0.5, 0.6) is 0 Å². The number of imidazole rings is 1. The van der Waals surface area contributed by atoms with E-state index >= 15 is 0 Å². The third-order valence-electron chi connectivity index (χ3n) is 7.64. The van der Waals surface area contributed by atoms with Gasteiger partial charge in [-0.3, -0.25) is 0 Å². The van der Waals surface area contributed by atoms with Gasteiger partial charge in [0.25, 0.3) is 0 Å². The van der Waals surface area contributed by atoms with E-state index in [-0.39, 0.29) is 76.7 Å². The molecule has 1 heterocycles. The second-order valence-corrected chi connectivity index (χ2v) is 13.6. The van der Waals surface area contributed by atoms with Gasteiger partial charge in [-0.05, 0) is 37.0 Å². The Labute approximate surface area is 302 Å². The van der Waals surface area contributed by atoms with Gasteiger partial charge in [-0.1, -0.05) is 126 Å². The van der Waals surface area contributed by atoms with Crippen LogP contribution in [0.3, 0.4) is 0 Å². The molecule has 1 aromatic heterocycles. The fourth-order valence-corrected chi connectivity index (χ4v) is 6.72. The summed E-state index contributed by atoms with van der Waals surface area (Å²) >= 11 is 0. The van der Waals surface area contributed by atoms with Gasteiger partial charge in [0.1, 0.15) is 15.6 Å². The second-order valence-electron chi connectivity index (χ2n) is 11.0. The van der Waals surface area contributed by atoms with Gasteiger partial charge in [-0.25, -0.2) is 21.8 Å². The summed E-state index contributed by atoms with van der Waals surface area (Å²) in [7, 11) is -9.80. The average molecular weight is 651 g/mol. The van der Waals surface area contributed by atoms with Crippen molar-refractivity contribution >= 4 is 31.3 Å². The Morgan fingerprint density at radius 1 is 0.558 bits per heavy atom. The number of nitrogens with zero attached hydrogens (tertiary/aromatic N) is 2. The Hall–Kier alpha value is -0.270. The first kappa shape index (κ1) is 40.8. The fourth-order valence-electron chi connectivity index (χ4n) is 5.43. The molecule has 0 saturated heterocycles. The van der Waals surface area contributed by atoms with E-state index in [9.17, 15) is 25.9 Å². The number of benzene rings is 2. The molecule has 0 saturated carbocycles. The summed E-state index contributed by atoms with van der Waals surface area (Å²) in [6.07, 6.45) is 20.3. The molecule has 0 aliphatic rings. The van der Waals surface area contributed by atoms with E-state index in [4.69, 9.17) is 0 Å². The first-order valence-corrected chi connectivity index (χ1v) is 17.9. The van der Waals surface area contributed by atoms with Gasteiger partial charge in [0.15, 0.2) is 10.1 Å². The zero-order chi connectivity index (χ0) is 29.6. The maximum atomic E-state index is 11.7. The molecule has 0 unspecified atom stereocenters. The monoisotopic (exact) mass is 650 g/mol. The van der Waals surface area contributed by atoms with E-state index in [0.29, 0.717) is 6.42 Å². The van der Waals surface area contributed by atoms with Gasteiger partial charge in [0, 0.05) is 6.54 Å². The van der Waals surface area contributed by atoms with Crippen LogP contribution in [0, 0.1) is 0 Å². The van der Waals surface area contributed by atoms with Crippen molar-refractivity contribution in [3.63, 3.8) is 0 Å². The largest absolute Gasteiger partial charge is 1.00 e. The predicted octanol–water partition coefficient (Wildman–Crippen LogP) is 1.34. The molecule has 12 heteroatoms. The van der Waals surface area contributed by atoms with Crippen molar-refractivity contribution in [3.8, 4) is 0 Å². The number of unbranched alkanes of at least 4 members (excludes halogenated alkanes) is 15. The van der Waals surface area contributed by atoms with Gasteiger partial charge in [-0.15, -0.1) is 0 Å². The fraction of sp³-hybridized carbons (Fsp3) is 0.581. The maximum absolute atomic E-state index is 11.7. The van der Waals surface area contributed by atoms with Crippen LogP contribution < -0.4 is 59.1 Å². The number of rotatable bonds is 21. The third-order valence-corrected chi connectivity index (χ3v) is 9.27. The van der Waals surface area contributed by atoms with Crippen LogP contribution in [0.2, 0.25) is 0 Å². The van der Waals surface area contributed by atoms with Crippen molar-refractivity contribution in [3.05, 3.63) is 54.1 Å². The molecular weight excluding hydrogens is 606 g/mol. The molecule has 0 amide bonds. The van der Waals surface area contributed by atoms with Crippen LogP contribution >= 0.6 is 0 Å². The molecule has 43 heavy (non-hydrogen) atoms. The Balaban J connectivity index is 0.00000462. The molecule has 0 radical (unpaired) electrons. The van der Waals surface area contributed by atoms with Crippen molar-refractivity contribution < 1.29 is 85.1 Å². The number of hydrogen-bond acceptors (Lipinski definition) is 7. The van der Waals surface area contributed by atoms with Crippen LogP contribution in [0.15, 0.2) is 58.6 Å². The van der Waals surface area contributed by atoms with Crippen LogP contribution in [0.25, 0.3) is 11.0 Å². The van der Waals surface area contributed by atoms with Crippen LogP contribution in [-0.2, 0) is 33.2 Å². The minimum absolute atomic E-state index is 0. The van der Waals surface area contributed by atoms with Crippen molar-refractivity contribution in [2.75, 3.05) is 0 Å². The molecule has 0 aliphatic carbocycles. The Bertz CT molecular complexity index is 1410. The smallest absolute Gasteiger partial charge is 0.744 e. The molecule has 3 rings (SSSR count). The summed E-state index contributed by atoms with van der Waals surface area (Å²) in [5, 5.41) is -0.748. The van der Waals surface area contributed by atoms with E-state index in [1.807, 2.05) is 0 Å². The third kappa shape index (κ3) is 14.8. The molecule has 8 nitrogen and oxygen atoms in total. The molecule has 0 aliphatic heterocycles. The van der Waals surface area contributed by atoms with E-state index in [0.717, 1.165) is 25.3 Å². The number of para-hydroxylation sites is 1. The van der Waals surface area contributed by atoms with Crippen LogP contribution in [-0.4, -0.2) is 35.5 Å². The maximum Gasteiger partial charge on any atom is 1.00 e. The van der Waals surface area contributed by atoms with Crippen LogP contribution in [0.4, 0.5) is 0 Å². The number of hydrogen-bond donors (Lipinski definition) is 0. The van der Waals surface area contributed by atoms with Crippen molar-refractivity contribution in [2.24, 2.45) is 0 Å². The van der Waals surface area contributed by atoms with Gasteiger partial charge >= 0.3 is 59.1 Å². The molecule has 228 valence electrons. The predicted molar refractivity (Wildman–Crippen MR) is 160 cm³/mol. The van der Waals surface area contributed by atoms with E-state index in [1.165, 1.54) is 106 Å². The Kier molecular flexibility index (Phi) is 20.4. The van der Waals surface area contributed by atoms with E-state index in [2.05, 4.69) is 35.3 Å². The molecule has 0 N–H and O–H groups in total. The summed E-state index contributed by atoms with van der Waals surface area (Å²) in [4.78, 5) is 3.12. The quantitative estimate of drug-likeness (QED) is 0.0966. The molecular formula is C31H44N2Na2O6S2. The minimum atomic E-state index is -4.93. The molecule has 0 atom stereocenters. The summed E-state index contributed by atoms with van der Waals surface area (Å²) < 4.78 is 71.1. The normalized spacial score (nSPS) is 11.8. The van der Waals surface area contributed by atoms with Gasteiger partial charge in [0.2, 0.25) is 5.16 Å². The average Bonchev–Trinajstić information content (AvgIpc) is 3.31. The first-order chi connectivity index (χ1) is 19.7. The summed E-state index contributed by atoms with van der Waals surface area (Å²) in [5.74, 6) is 0. The second kappa shape index (κ2) is 21.5. The van der Waals surface area contributed by atoms with Crippen molar-refractivity contribution in [2.45, 2.75) is 126 Å². The molecule has 0 bridgehead atoms. The van der Waals surface area contributed by atoms with Crippen molar-refractivity contribution in [1.82, 2.24) is 9.55 Å².